The van der Waals surface area contributed by atoms with E-state index in [9.17, 15) is 0 Å². The van der Waals surface area contributed by atoms with E-state index in [0.29, 0.717) is 6.04 Å². The Morgan fingerprint density at radius 3 is 2.73 bits per heavy atom. The first kappa shape index (κ1) is 8.61. The van der Waals surface area contributed by atoms with Crippen molar-refractivity contribution in [2.75, 3.05) is 5.32 Å². The van der Waals surface area contributed by atoms with Crippen molar-refractivity contribution >= 4 is 16.9 Å². The van der Waals surface area contributed by atoms with Crippen molar-refractivity contribution in [3.63, 3.8) is 0 Å². The Labute approximate surface area is 87.5 Å². The highest BCUT2D eigenvalue weighted by Crippen LogP contribution is 2.23. The summed E-state index contributed by atoms with van der Waals surface area (Å²) >= 11 is 0. The maximum atomic E-state index is 5.72. The average Bonchev–Trinajstić information content (AvgIpc) is 2.94. The fraction of sp³-hybridized carbons (Fsp3) is 0.273. The predicted octanol–water partition coefficient (Wildman–Crippen LogP) is 1.14. The van der Waals surface area contributed by atoms with Crippen LogP contribution in [-0.2, 0) is 0 Å². The normalized spacial score (nSPS) is 24.1. The number of hydrogen-bond acceptors (Lipinski definition) is 4. The van der Waals surface area contributed by atoms with Crippen LogP contribution in [0.4, 0.5) is 5.82 Å². The molecule has 76 valence electrons. The third-order valence-corrected chi connectivity index (χ3v) is 2.62. The number of para-hydroxylation sites is 2. The van der Waals surface area contributed by atoms with E-state index < -0.39 is 0 Å². The number of nitrogens with zero attached hydrogens (tertiary/aromatic N) is 2. The van der Waals surface area contributed by atoms with Crippen LogP contribution in [0, 0.1) is 0 Å². The van der Waals surface area contributed by atoms with Gasteiger partial charge in [0.25, 0.3) is 0 Å². The lowest BCUT2D eigenvalue weighted by atomic mass is 10.3. The van der Waals surface area contributed by atoms with Crippen LogP contribution >= 0.6 is 0 Å². The van der Waals surface area contributed by atoms with Crippen LogP contribution in [0.25, 0.3) is 11.0 Å². The summed E-state index contributed by atoms with van der Waals surface area (Å²) in [5.41, 5.74) is 7.55. The molecule has 0 bridgehead atoms. The quantitative estimate of drug-likeness (QED) is 0.763. The zero-order valence-electron chi connectivity index (χ0n) is 8.22. The lowest BCUT2D eigenvalue weighted by molar-refractivity contribution is 0.996. The number of aromatic nitrogens is 2. The molecule has 3 rings (SSSR count). The topological polar surface area (TPSA) is 63.8 Å². The minimum atomic E-state index is 0.276. The molecule has 0 spiro atoms. The van der Waals surface area contributed by atoms with Gasteiger partial charge >= 0.3 is 0 Å². The third-order valence-electron chi connectivity index (χ3n) is 2.62. The van der Waals surface area contributed by atoms with E-state index in [1.165, 1.54) is 0 Å². The van der Waals surface area contributed by atoms with E-state index in [4.69, 9.17) is 5.73 Å². The Kier molecular flexibility index (Phi) is 1.82. The van der Waals surface area contributed by atoms with Gasteiger partial charge in [-0.25, -0.2) is 4.98 Å². The zero-order chi connectivity index (χ0) is 10.3. The number of fused-ring (bicyclic) bond motifs is 1. The summed E-state index contributed by atoms with van der Waals surface area (Å²) in [5.74, 6) is 0.812. The van der Waals surface area contributed by atoms with Crippen molar-refractivity contribution in [2.45, 2.75) is 18.5 Å². The molecule has 0 amide bonds. The van der Waals surface area contributed by atoms with Gasteiger partial charge in [-0.2, -0.15) is 0 Å². The van der Waals surface area contributed by atoms with Crippen LogP contribution in [-0.4, -0.2) is 22.1 Å². The van der Waals surface area contributed by atoms with Crippen LogP contribution in [0.5, 0.6) is 0 Å². The fourth-order valence-electron chi connectivity index (χ4n) is 1.60. The first-order valence-electron chi connectivity index (χ1n) is 5.07. The standard InChI is InChI=1S/C11H12N4/c12-7-5-10(7)15-11-6-13-8-3-1-2-4-9(8)14-11/h1-4,6-7,10H,5,12H2,(H,14,15). The van der Waals surface area contributed by atoms with Crippen molar-refractivity contribution in [1.82, 2.24) is 9.97 Å². The van der Waals surface area contributed by atoms with Gasteiger partial charge in [0.2, 0.25) is 0 Å². The van der Waals surface area contributed by atoms with Gasteiger partial charge in [-0.3, -0.25) is 4.98 Å². The van der Waals surface area contributed by atoms with Crippen LogP contribution in [0.2, 0.25) is 0 Å². The number of benzene rings is 1. The lowest BCUT2D eigenvalue weighted by Crippen LogP contribution is -2.14. The molecule has 0 radical (unpaired) electrons. The average molecular weight is 200 g/mol. The monoisotopic (exact) mass is 200 g/mol. The summed E-state index contributed by atoms with van der Waals surface area (Å²) in [6, 6.07) is 8.48. The van der Waals surface area contributed by atoms with Gasteiger partial charge in [-0.05, 0) is 18.6 Å². The summed E-state index contributed by atoms with van der Waals surface area (Å²) in [7, 11) is 0. The van der Waals surface area contributed by atoms with E-state index >= 15 is 0 Å². The second-order valence-corrected chi connectivity index (χ2v) is 3.89. The molecule has 3 N–H and O–H groups in total. The van der Waals surface area contributed by atoms with Gasteiger partial charge in [0.05, 0.1) is 17.2 Å². The first-order valence-corrected chi connectivity index (χ1v) is 5.07. The Hall–Kier alpha value is -1.68. The number of anilines is 1. The second kappa shape index (κ2) is 3.17. The maximum absolute atomic E-state index is 5.72. The molecule has 2 aromatic rings. The summed E-state index contributed by atoms with van der Waals surface area (Å²) in [4.78, 5) is 8.78. The molecule has 1 aromatic heterocycles. The molecule has 4 nitrogen and oxygen atoms in total. The minimum absolute atomic E-state index is 0.276. The first-order chi connectivity index (χ1) is 7.33. The van der Waals surface area contributed by atoms with Crippen molar-refractivity contribution in [2.24, 2.45) is 5.73 Å². The smallest absolute Gasteiger partial charge is 0.145 e. The van der Waals surface area contributed by atoms with E-state index in [-0.39, 0.29) is 6.04 Å². The summed E-state index contributed by atoms with van der Waals surface area (Å²) < 4.78 is 0. The van der Waals surface area contributed by atoms with Gasteiger partial charge in [0.15, 0.2) is 0 Å². The van der Waals surface area contributed by atoms with Crippen molar-refractivity contribution < 1.29 is 0 Å². The summed E-state index contributed by atoms with van der Waals surface area (Å²) in [6.45, 7) is 0. The van der Waals surface area contributed by atoms with E-state index in [1.54, 1.807) is 6.20 Å². The molecule has 1 aliphatic carbocycles. The molecule has 1 saturated carbocycles. The molecule has 1 aromatic carbocycles. The maximum Gasteiger partial charge on any atom is 0.145 e. The highest BCUT2D eigenvalue weighted by molar-refractivity contribution is 5.75. The van der Waals surface area contributed by atoms with Crippen LogP contribution < -0.4 is 11.1 Å². The predicted molar refractivity (Wildman–Crippen MR) is 59.5 cm³/mol. The van der Waals surface area contributed by atoms with Crippen LogP contribution in [0.3, 0.4) is 0 Å². The highest BCUT2D eigenvalue weighted by atomic mass is 15.1. The fourth-order valence-corrected chi connectivity index (χ4v) is 1.60. The van der Waals surface area contributed by atoms with Crippen molar-refractivity contribution in [3.05, 3.63) is 30.5 Å². The van der Waals surface area contributed by atoms with Gasteiger partial charge in [-0.15, -0.1) is 0 Å². The number of hydrogen-bond donors (Lipinski definition) is 2. The molecule has 1 heterocycles. The summed E-state index contributed by atoms with van der Waals surface area (Å²) in [5, 5.41) is 3.26. The van der Waals surface area contributed by atoms with Gasteiger partial charge < -0.3 is 11.1 Å². The molecule has 0 saturated heterocycles. The lowest BCUT2D eigenvalue weighted by Gasteiger charge is -2.04. The zero-order valence-corrected chi connectivity index (χ0v) is 8.22. The molecule has 2 unspecified atom stereocenters. The number of rotatable bonds is 2. The molecule has 2 atom stereocenters. The minimum Gasteiger partial charge on any atom is -0.364 e. The summed E-state index contributed by atoms with van der Waals surface area (Å²) in [6.07, 6.45) is 2.78. The Balaban J connectivity index is 1.92. The molecule has 1 fully saturated rings. The molecule has 15 heavy (non-hydrogen) atoms. The third kappa shape index (κ3) is 1.64. The van der Waals surface area contributed by atoms with Gasteiger partial charge in [0.1, 0.15) is 5.82 Å². The van der Waals surface area contributed by atoms with Gasteiger partial charge in [0, 0.05) is 12.1 Å². The molecule has 1 aliphatic rings. The largest absolute Gasteiger partial charge is 0.364 e. The van der Waals surface area contributed by atoms with Crippen LogP contribution in [0.1, 0.15) is 6.42 Å². The number of nitrogens with two attached hydrogens (primary N) is 1. The SMILES string of the molecule is NC1CC1Nc1cnc2ccccc2n1. The van der Waals surface area contributed by atoms with Crippen molar-refractivity contribution in [1.29, 1.82) is 0 Å². The highest BCUT2D eigenvalue weighted by Gasteiger charge is 2.33. The van der Waals surface area contributed by atoms with Gasteiger partial charge in [-0.1, -0.05) is 12.1 Å². The van der Waals surface area contributed by atoms with Crippen molar-refractivity contribution in [3.8, 4) is 0 Å². The van der Waals surface area contributed by atoms with E-state index in [2.05, 4.69) is 15.3 Å². The number of nitrogens with one attached hydrogen (secondary N) is 1. The molecule has 0 aliphatic heterocycles. The Morgan fingerprint density at radius 2 is 2.00 bits per heavy atom. The van der Waals surface area contributed by atoms with Crippen LogP contribution in [0.15, 0.2) is 30.5 Å². The van der Waals surface area contributed by atoms with E-state index in [1.807, 2.05) is 24.3 Å². The second-order valence-electron chi connectivity index (χ2n) is 3.89. The molecule has 4 heteroatoms. The molecular weight excluding hydrogens is 188 g/mol. The Bertz CT molecular complexity index is 497. The Morgan fingerprint density at radius 1 is 1.27 bits per heavy atom. The van der Waals surface area contributed by atoms with E-state index in [0.717, 1.165) is 23.3 Å². The molecular formula is C11H12N4.